The van der Waals surface area contributed by atoms with Crippen molar-refractivity contribution in [3.05, 3.63) is 70.7 Å². The molecule has 0 aliphatic carbocycles. The van der Waals surface area contributed by atoms with Gasteiger partial charge in [0.1, 0.15) is 18.9 Å². The van der Waals surface area contributed by atoms with Gasteiger partial charge >= 0.3 is 33.1 Å². The van der Waals surface area contributed by atoms with Crippen LogP contribution in [-0.4, -0.2) is 235 Å². The number of nitrogens with zero attached hydrogens (tertiary/aromatic N) is 5. The summed E-state index contributed by atoms with van der Waals surface area (Å²) in [6.45, 7) is 13.6. The fourth-order valence-corrected chi connectivity index (χ4v) is 27.1. The smallest absolute Gasteiger partial charge is 0.416 e. The van der Waals surface area contributed by atoms with Gasteiger partial charge in [-0.1, -0.05) is 105 Å². The lowest BCUT2D eigenvalue weighted by atomic mass is 10.1. The van der Waals surface area contributed by atoms with Crippen molar-refractivity contribution in [2.75, 3.05) is 172 Å². The number of benzene rings is 2. The maximum atomic E-state index is 11.8. The van der Waals surface area contributed by atoms with Crippen molar-refractivity contribution in [3.8, 4) is 12.1 Å². The molecule has 1 unspecified atom stereocenters. The van der Waals surface area contributed by atoms with Crippen molar-refractivity contribution >= 4 is 230 Å². The normalized spacial score (nSPS) is 11.9. The molecule has 0 spiro atoms. The van der Waals surface area contributed by atoms with Crippen LogP contribution in [0.4, 0.5) is 4.79 Å². The number of halogens is 1. The van der Waals surface area contributed by atoms with E-state index in [-0.39, 0.29) is 82.7 Å². The lowest BCUT2D eigenvalue weighted by molar-refractivity contribution is -0.125. The molecule has 54 heteroatoms. The zero-order valence-electron chi connectivity index (χ0n) is 69.0. The Morgan fingerprint density at radius 1 is 0.509 bits per heavy atom. The highest BCUT2D eigenvalue weighted by Crippen LogP contribution is 2.63. The summed E-state index contributed by atoms with van der Waals surface area (Å²) >= 11 is 39.0. The first kappa shape index (κ1) is 123. The molecule has 2 aromatic carbocycles. The van der Waals surface area contributed by atoms with Crippen molar-refractivity contribution in [1.82, 2.24) is 26.2 Å². The van der Waals surface area contributed by atoms with E-state index in [1.807, 2.05) is 78.8 Å². The van der Waals surface area contributed by atoms with Gasteiger partial charge in [-0.3, -0.25) is 42.1 Å². The van der Waals surface area contributed by atoms with Crippen LogP contribution < -0.4 is 21.3 Å². The second-order valence-electron chi connectivity index (χ2n) is 19.8. The Hall–Kier alpha value is -1.32. The maximum absolute atomic E-state index is 11.8. The number of methoxy groups -OCH3 is 1. The Labute approximate surface area is 740 Å². The summed E-state index contributed by atoms with van der Waals surface area (Å²) < 4.78 is 114. The summed E-state index contributed by atoms with van der Waals surface area (Å²) in [5.74, 6) is 1.12. The van der Waals surface area contributed by atoms with E-state index in [0.29, 0.717) is 74.8 Å². The van der Waals surface area contributed by atoms with Crippen LogP contribution in [0.3, 0.4) is 0 Å². The maximum Gasteiger partial charge on any atom is 0.416 e. The molecule has 2 aromatic rings. The van der Waals surface area contributed by atoms with E-state index in [1.54, 1.807) is 78.1 Å². The molecule has 0 aromatic heterocycles. The Morgan fingerprint density at radius 3 is 1.30 bits per heavy atom. The molecule has 0 bridgehead atoms. The minimum absolute atomic E-state index is 0.00309. The van der Waals surface area contributed by atoms with E-state index in [2.05, 4.69) is 45.4 Å². The van der Waals surface area contributed by atoms with Crippen LogP contribution >= 0.6 is 124 Å². The number of thioether (sulfide) groups is 1. The van der Waals surface area contributed by atoms with Gasteiger partial charge in [-0.25, -0.2) is 18.8 Å². The quantitative estimate of drug-likeness (QED) is 0.0157. The lowest BCUT2D eigenvalue weighted by Crippen LogP contribution is -2.34. The van der Waals surface area contributed by atoms with Crippen molar-refractivity contribution in [2.45, 2.75) is 94.4 Å². The van der Waals surface area contributed by atoms with E-state index in [4.69, 9.17) is 149 Å². The summed E-state index contributed by atoms with van der Waals surface area (Å²) in [6, 6.07) is 19.8. The number of nitriles is 2. The van der Waals surface area contributed by atoms with Gasteiger partial charge in [0.05, 0.1) is 92.7 Å². The van der Waals surface area contributed by atoms with Gasteiger partial charge in [-0.05, 0) is 147 Å². The molecule has 4 N–H and O–H groups in total. The number of carbonyl (C=O) groups is 6. The van der Waals surface area contributed by atoms with Crippen LogP contribution in [0.1, 0.15) is 94.2 Å². The minimum Gasteiger partial charge on any atom is -0.449 e. The Bertz CT molecular complexity index is 3570. The molecule has 0 aliphatic heterocycles. The third-order valence-electron chi connectivity index (χ3n) is 11.3. The molecule has 1 atom stereocenters. The minimum atomic E-state index is -3.09. The summed E-state index contributed by atoms with van der Waals surface area (Å²) in [6.07, 6.45) is -0.672. The van der Waals surface area contributed by atoms with Crippen molar-refractivity contribution in [2.24, 2.45) is 10.3 Å². The predicted molar refractivity (Wildman–Crippen MR) is 491 cm³/mol. The Kier molecular flexibility index (Phi) is 78.6. The SMILES string of the molecule is CCOC(=O)N(C)C(=O)CSP(=S)(OCC)OCC.CCOP(=S)(OCC)O/N=C(/C#N)c1ccccc1.CCOP(=S)(OCC)O/N=C(/C#N)c1ccccc1Cl.CCOP(=S)(OCC)SCC(=O)NC(C)C.CNC(=O)C(C)SCCSP(=O)(OC)OC.CNC(=O)CSP(=O)(OC)OC.COCNC(=O)CSP(=S)(OC)OC. The molecule has 2 rings (SSSR count). The molecule has 0 fully saturated rings. The fourth-order valence-electron chi connectivity index (χ4n) is 6.15. The van der Waals surface area contributed by atoms with Gasteiger partial charge in [-0.15, -0.1) is 11.8 Å². The van der Waals surface area contributed by atoms with Crippen LogP contribution in [0.5, 0.6) is 0 Å². The van der Waals surface area contributed by atoms with Gasteiger partial charge in [0.2, 0.25) is 46.6 Å². The van der Waals surface area contributed by atoms with Crippen molar-refractivity contribution in [1.29, 1.82) is 10.5 Å². The van der Waals surface area contributed by atoms with Gasteiger partial charge in [0.15, 0.2) is 11.4 Å². The first-order valence-electron chi connectivity index (χ1n) is 34.3. The average Bonchev–Trinajstić information content (AvgIpc) is 0.906. The summed E-state index contributed by atoms with van der Waals surface area (Å²) in [5.41, 5.74) is -5.89. The van der Waals surface area contributed by atoms with Crippen LogP contribution in [0.25, 0.3) is 0 Å². The Balaban J connectivity index is -0.000000416. The van der Waals surface area contributed by atoms with Crippen LogP contribution in [0.2, 0.25) is 5.02 Å². The van der Waals surface area contributed by atoms with E-state index in [0.717, 1.165) is 44.8 Å². The highest BCUT2D eigenvalue weighted by molar-refractivity contribution is 8.69. The highest BCUT2D eigenvalue weighted by Gasteiger charge is 2.28. The molecule has 116 heavy (non-hydrogen) atoms. The molecule has 0 saturated heterocycles. The highest BCUT2D eigenvalue weighted by atomic mass is 35.5. The van der Waals surface area contributed by atoms with Gasteiger partial charge < -0.3 is 85.2 Å². The number of hydrogen-bond donors (Lipinski definition) is 4. The van der Waals surface area contributed by atoms with E-state index >= 15 is 0 Å². The number of hydrogen-bond acceptors (Lipinski definition) is 41. The monoisotopic (exact) mass is 2000 g/mol. The lowest BCUT2D eigenvalue weighted by Gasteiger charge is -2.21. The van der Waals surface area contributed by atoms with Crippen LogP contribution in [-0.2, 0) is 174 Å². The van der Waals surface area contributed by atoms with Crippen molar-refractivity contribution < 1.29 is 120 Å². The topological polar surface area (TPSA) is 426 Å². The molecule has 0 radical (unpaired) electrons. The number of rotatable bonds is 50. The standard InChI is InChI=1S/C12H14ClN2O3PS.C12H15N2O3PS.C10H20NO5PS2.C9H20NO3PS2.C8H18NO4PS2.C6H14NO4PS2.C5H12NO4PS/c1-3-16-19(20,17-4-2)18-15-12(9-14)10-7-5-6-8-11(10)13;1-3-15-18(19,16-4-2)17-14-12(10-13)11-8-6-5-7-9-11;1-5-14-10(13)11(4)9(12)8-19-17(18,15-6-2)16-7-3;1-5-12-14(15,13-6-2)16-7-9(11)10-8(3)4;1-7(8(10)9-2)15-5-6-16-14(11,12-3)13-4;1-9-5-7-6(8)4-14-12(13,10-2)11-3;1-6-5(7)4-12-11(8,9-2)10-3/h5-8H,3-4H2,1-2H3;5-9H,3-4H2,1-2H3;5-8H2,1-4H3;8H,5-7H2,1-4H3,(H,10,11);7H,5-6H2,1-4H3,(H,9,10);4-5H2,1-3H3,(H,7,8);4H2,1-3H3,(H,6,7)/b15-12-;14-12-;;;;;. The number of imide groups is 1. The molecule has 6 amide bonds. The summed E-state index contributed by atoms with van der Waals surface area (Å²) in [4.78, 5) is 68.5. The number of ether oxygens (including phenoxy) is 2. The van der Waals surface area contributed by atoms with Gasteiger partial charge in [0, 0.05) is 123 Å². The van der Waals surface area contributed by atoms with Crippen LogP contribution in [0.15, 0.2) is 64.9 Å². The summed E-state index contributed by atoms with van der Waals surface area (Å²) in [7, 11) is 14.2. The average molecular weight is 2010 g/mol. The molecule has 670 valence electrons. The molecule has 0 heterocycles. The second-order valence-corrected chi connectivity index (χ2v) is 55.3. The van der Waals surface area contributed by atoms with E-state index in [1.165, 1.54) is 98.4 Å². The molecular formula is C62H113ClN9O26P7S11. The molecule has 0 aliphatic rings. The number of amides is 6. The number of nitrogens with one attached hydrogen (secondary N) is 4. The second kappa shape index (κ2) is 74.0. The third kappa shape index (κ3) is 61.9. The third-order valence-corrected chi connectivity index (χ3v) is 41.8. The zero-order chi connectivity index (χ0) is 89.9. The van der Waals surface area contributed by atoms with E-state index in [9.17, 15) is 37.9 Å². The first-order valence-corrected chi connectivity index (χ1v) is 59.8. The van der Waals surface area contributed by atoms with E-state index < -0.39 is 56.1 Å². The molecular weight excluding hydrogens is 1890 g/mol. The number of carbonyl (C=O) groups excluding carboxylic acids is 6. The van der Waals surface area contributed by atoms with Crippen molar-refractivity contribution in [3.63, 3.8) is 0 Å². The molecule has 0 saturated carbocycles. The van der Waals surface area contributed by atoms with Gasteiger partial charge in [-0.2, -0.15) is 10.5 Å². The molecule has 35 nitrogen and oxygen atoms in total. The van der Waals surface area contributed by atoms with Gasteiger partial charge in [0.25, 0.3) is 0 Å². The largest absolute Gasteiger partial charge is 0.449 e. The first-order chi connectivity index (χ1) is 54.7. The summed E-state index contributed by atoms with van der Waals surface area (Å²) in [5, 5.41) is 36.3. The zero-order valence-corrected chi connectivity index (χ0v) is 85.0. The Morgan fingerprint density at radius 2 is 0.914 bits per heavy atom. The predicted octanol–water partition coefficient (Wildman–Crippen LogP) is 16.1. The fraction of sp³-hybridized carbons (Fsp3) is 0.645. The number of oxime groups is 2. The van der Waals surface area contributed by atoms with Crippen LogP contribution in [0, 0.1) is 22.7 Å².